The first kappa shape index (κ1) is 15.6. The second kappa shape index (κ2) is 6.86. The number of ether oxygens (including phenoxy) is 3. The van der Waals surface area contributed by atoms with E-state index in [2.05, 4.69) is 24.1 Å². The summed E-state index contributed by atoms with van der Waals surface area (Å²) in [5.74, 6) is 2.18. The molecule has 0 radical (unpaired) electrons. The van der Waals surface area contributed by atoms with E-state index in [9.17, 15) is 0 Å². The molecule has 122 valence electrons. The SMILES string of the molecule is COc1cc(C2CC(CN)CN2C)ccc1OC1CCOC1. The van der Waals surface area contributed by atoms with Crippen molar-refractivity contribution in [2.24, 2.45) is 11.7 Å². The Morgan fingerprint density at radius 1 is 1.36 bits per heavy atom. The van der Waals surface area contributed by atoms with Gasteiger partial charge in [-0.3, -0.25) is 4.90 Å². The van der Waals surface area contributed by atoms with E-state index >= 15 is 0 Å². The van der Waals surface area contributed by atoms with Gasteiger partial charge in [-0.2, -0.15) is 0 Å². The van der Waals surface area contributed by atoms with Crippen LogP contribution in [0.15, 0.2) is 18.2 Å². The Morgan fingerprint density at radius 3 is 2.86 bits per heavy atom. The third kappa shape index (κ3) is 3.21. The summed E-state index contributed by atoms with van der Waals surface area (Å²) in [5.41, 5.74) is 7.09. The fourth-order valence-electron chi connectivity index (χ4n) is 3.44. The average molecular weight is 306 g/mol. The lowest BCUT2D eigenvalue weighted by atomic mass is 9.99. The van der Waals surface area contributed by atoms with Crippen LogP contribution < -0.4 is 15.2 Å². The summed E-state index contributed by atoms with van der Waals surface area (Å²) in [4.78, 5) is 2.37. The minimum absolute atomic E-state index is 0.135. The van der Waals surface area contributed by atoms with Crippen molar-refractivity contribution in [3.05, 3.63) is 23.8 Å². The van der Waals surface area contributed by atoms with Crippen LogP contribution in [0.3, 0.4) is 0 Å². The molecule has 3 unspecified atom stereocenters. The van der Waals surface area contributed by atoms with Gasteiger partial charge in [-0.15, -0.1) is 0 Å². The van der Waals surface area contributed by atoms with Gasteiger partial charge in [-0.1, -0.05) is 6.07 Å². The van der Waals surface area contributed by atoms with Crippen LogP contribution in [0.4, 0.5) is 0 Å². The van der Waals surface area contributed by atoms with Gasteiger partial charge in [0.1, 0.15) is 6.10 Å². The Balaban J connectivity index is 1.76. The third-order valence-electron chi connectivity index (χ3n) is 4.72. The number of nitrogens with zero attached hydrogens (tertiary/aromatic N) is 1. The molecule has 2 aliphatic heterocycles. The highest BCUT2D eigenvalue weighted by Crippen LogP contribution is 2.38. The summed E-state index contributed by atoms with van der Waals surface area (Å²) in [6.07, 6.45) is 2.18. The first-order valence-corrected chi connectivity index (χ1v) is 8.04. The number of methoxy groups -OCH3 is 1. The lowest BCUT2D eigenvalue weighted by molar-refractivity contribution is 0.138. The lowest BCUT2D eigenvalue weighted by Gasteiger charge is -2.22. The quantitative estimate of drug-likeness (QED) is 0.899. The maximum absolute atomic E-state index is 6.00. The number of likely N-dealkylation sites (tertiary alicyclic amines) is 1. The van der Waals surface area contributed by atoms with E-state index < -0.39 is 0 Å². The molecule has 1 aromatic rings. The van der Waals surface area contributed by atoms with Crippen molar-refractivity contribution in [3.63, 3.8) is 0 Å². The van der Waals surface area contributed by atoms with E-state index in [1.807, 2.05) is 6.07 Å². The zero-order chi connectivity index (χ0) is 15.5. The molecule has 0 spiro atoms. The topological polar surface area (TPSA) is 57.0 Å². The molecule has 5 nitrogen and oxygen atoms in total. The van der Waals surface area contributed by atoms with Crippen LogP contribution in [-0.4, -0.2) is 51.5 Å². The smallest absolute Gasteiger partial charge is 0.161 e. The van der Waals surface area contributed by atoms with Crippen LogP contribution in [0, 0.1) is 5.92 Å². The summed E-state index contributed by atoms with van der Waals surface area (Å²) in [6.45, 7) is 3.24. The van der Waals surface area contributed by atoms with E-state index in [0.717, 1.165) is 44.0 Å². The molecule has 0 saturated carbocycles. The van der Waals surface area contributed by atoms with Crippen molar-refractivity contribution in [3.8, 4) is 11.5 Å². The van der Waals surface area contributed by atoms with E-state index in [4.69, 9.17) is 19.9 Å². The molecule has 3 atom stereocenters. The normalized spacial score (nSPS) is 29.0. The average Bonchev–Trinajstić information content (AvgIpc) is 3.17. The molecule has 2 fully saturated rings. The first-order valence-electron chi connectivity index (χ1n) is 8.04. The summed E-state index contributed by atoms with van der Waals surface area (Å²) < 4.78 is 16.9. The van der Waals surface area contributed by atoms with Crippen LogP contribution >= 0.6 is 0 Å². The van der Waals surface area contributed by atoms with Crippen molar-refractivity contribution >= 4 is 0 Å². The van der Waals surface area contributed by atoms with Crippen LogP contribution in [0.5, 0.6) is 11.5 Å². The highest BCUT2D eigenvalue weighted by molar-refractivity contribution is 5.44. The van der Waals surface area contributed by atoms with Gasteiger partial charge in [0.05, 0.1) is 20.3 Å². The number of rotatable bonds is 5. The molecule has 2 saturated heterocycles. The Hall–Kier alpha value is -1.30. The minimum Gasteiger partial charge on any atom is -0.493 e. The number of benzene rings is 1. The predicted octanol–water partition coefficient (Wildman–Crippen LogP) is 1.81. The number of hydrogen-bond donors (Lipinski definition) is 1. The highest BCUT2D eigenvalue weighted by atomic mass is 16.6. The van der Waals surface area contributed by atoms with Gasteiger partial charge >= 0.3 is 0 Å². The van der Waals surface area contributed by atoms with Crippen LogP contribution in [0.25, 0.3) is 0 Å². The van der Waals surface area contributed by atoms with Crippen molar-refractivity contribution in [1.82, 2.24) is 4.90 Å². The van der Waals surface area contributed by atoms with Gasteiger partial charge in [-0.05, 0) is 43.6 Å². The van der Waals surface area contributed by atoms with Crippen LogP contribution in [-0.2, 0) is 4.74 Å². The fourth-order valence-corrected chi connectivity index (χ4v) is 3.44. The monoisotopic (exact) mass is 306 g/mol. The third-order valence-corrected chi connectivity index (χ3v) is 4.72. The van der Waals surface area contributed by atoms with E-state index in [1.165, 1.54) is 5.56 Å². The molecule has 0 bridgehead atoms. The minimum atomic E-state index is 0.135. The van der Waals surface area contributed by atoms with Crippen molar-refractivity contribution in [2.75, 3.05) is 40.5 Å². The molecule has 2 heterocycles. The van der Waals surface area contributed by atoms with Gasteiger partial charge in [0.25, 0.3) is 0 Å². The molecule has 2 N–H and O–H groups in total. The number of nitrogens with two attached hydrogens (primary N) is 1. The Bertz CT molecular complexity index is 503. The summed E-state index contributed by atoms with van der Waals surface area (Å²) in [5, 5.41) is 0. The Kier molecular flexibility index (Phi) is 4.86. The molecule has 0 amide bonds. The largest absolute Gasteiger partial charge is 0.493 e. The van der Waals surface area contributed by atoms with Crippen molar-refractivity contribution < 1.29 is 14.2 Å². The Labute approximate surface area is 132 Å². The second-order valence-electron chi connectivity index (χ2n) is 6.31. The van der Waals surface area contributed by atoms with Crippen molar-refractivity contribution in [1.29, 1.82) is 0 Å². The molecule has 3 rings (SSSR count). The molecule has 1 aromatic carbocycles. The first-order chi connectivity index (χ1) is 10.7. The molecule has 5 heteroatoms. The van der Waals surface area contributed by atoms with E-state index in [1.54, 1.807) is 7.11 Å². The molecule has 0 aliphatic carbocycles. The summed E-state index contributed by atoms with van der Waals surface area (Å²) in [7, 11) is 3.85. The summed E-state index contributed by atoms with van der Waals surface area (Å²) >= 11 is 0. The molecule has 22 heavy (non-hydrogen) atoms. The Morgan fingerprint density at radius 2 is 2.23 bits per heavy atom. The fraction of sp³-hybridized carbons (Fsp3) is 0.647. The van der Waals surface area contributed by atoms with Gasteiger partial charge in [0.2, 0.25) is 0 Å². The molecular formula is C17H26N2O3. The van der Waals surface area contributed by atoms with Gasteiger partial charge in [-0.25, -0.2) is 0 Å². The van der Waals surface area contributed by atoms with Crippen LogP contribution in [0.2, 0.25) is 0 Å². The van der Waals surface area contributed by atoms with Gasteiger partial charge in [0.15, 0.2) is 11.5 Å². The van der Waals surface area contributed by atoms with Crippen LogP contribution in [0.1, 0.15) is 24.4 Å². The standard InChI is InChI=1S/C17H26N2O3/c1-19-10-12(9-18)7-15(19)13-3-4-16(17(8-13)20-2)22-14-5-6-21-11-14/h3-4,8,12,14-15H,5-7,9-11,18H2,1-2H3. The highest BCUT2D eigenvalue weighted by Gasteiger charge is 2.30. The summed E-state index contributed by atoms with van der Waals surface area (Å²) in [6, 6.07) is 6.68. The maximum Gasteiger partial charge on any atom is 0.161 e. The molecule has 2 aliphatic rings. The molecule has 0 aromatic heterocycles. The second-order valence-corrected chi connectivity index (χ2v) is 6.31. The van der Waals surface area contributed by atoms with Gasteiger partial charge in [0, 0.05) is 19.0 Å². The zero-order valence-electron chi connectivity index (χ0n) is 13.5. The van der Waals surface area contributed by atoms with Gasteiger partial charge < -0.3 is 19.9 Å². The molecular weight excluding hydrogens is 280 g/mol. The predicted molar refractivity (Wildman–Crippen MR) is 85.4 cm³/mol. The van der Waals surface area contributed by atoms with E-state index in [-0.39, 0.29) is 6.10 Å². The lowest BCUT2D eigenvalue weighted by Crippen LogP contribution is -2.20. The maximum atomic E-state index is 6.00. The van der Waals surface area contributed by atoms with Crippen molar-refractivity contribution in [2.45, 2.75) is 25.0 Å². The van der Waals surface area contributed by atoms with E-state index in [0.29, 0.717) is 18.6 Å². The zero-order valence-corrected chi connectivity index (χ0v) is 13.5. The number of hydrogen-bond acceptors (Lipinski definition) is 5.